The van der Waals surface area contributed by atoms with Crippen molar-refractivity contribution in [2.45, 2.75) is 94.3 Å². The van der Waals surface area contributed by atoms with Crippen molar-refractivity contribution in [3.8, 4) is 0 Å². The molecule has 2 aromatic heterocycles. The Morgan fingerprint density at radius 2 is 1.18 bits per heavy atom. The fraction of sp³-hybridized carbons (Fsp3) is 0.444. The minimum Gasteiger partial charge on any atom is -0.360 e. The Morgan fingerprint density at radius 3 is 1.56 bits per heavy atom. The molecule has 6 rings (SSSR count). The number of sulfonamides is 2. The fourth-order valence-corrected chi connectivity index (χ4v) is 11.4. The van der Waals surface area contributed by atoms with Gasteiger partial charge in [-0.15, -0.1) is 0 Å². The first-order chi connectivity index (χ1) is 26.0. The van der Waals surface area contributed by atoms with E-state index in [1.165, 1.54) is 13.3 Å². The standard InChI is InChI=1S/C18H22BrClN4O3S.C18H22BrN3O4S/c1-12-16(17(20)23(2)22-12)28(26,27)24(11-13-6-8-14(19)9-7-13)15-5-3-4-10-21-18(15)25;1-12-17(13(2)26-21-12)27(24,25)22(11-14-6-8-15(19)9-7-14)16-5-3-4-10-20-18(16)23/h6-9,15H,3-5,10-11H2,1-2H3,(H,21,25);6-9,16H,3-5,10-11H2,1-2H3,(H,20,23)/t15-;16-/m11/s1. The van der Waals surface area contributed by atoms with Crippen LogP contribution in [-0.4, -0.2) is 77.4 Å². The van der Waals surface area contributed by atoms with Gasteiger partial charge in [0.05, 0.1) is 5.69 Å². The molecule has 2 aliphatic rings. The number of hydrogen-bond donors (Lipinski definition) is 2. The number of amides is 2. The van der Waals surface area contributed by atoms with E-state index in [9.17, 15) is 26.4 Å². The summed E-state index contributed by atoms with van der Waals surface area (Å²) in [6, 6.07) is 13.2. The van der Waals surface area contributed by atoms with Gasteiger partial charge in [0.2, 0.25) is 31.9 Å². The van der Waals surface area contributed by atoms with Crippen LogP contribution in [0.3, 0.4) is 0 Å². The third kappa shape index (κ3) is 10.1. The van der Waals surface area contributed by atoms with Crippen molar-refractivity contribution in [1.29, 1.82) is 0 Å². The SMILES string of the molecule is Cc1nn(C)c(Cl)c1S(=O)(=O)N(Cc1ccc(Br)cc1)[C@@H]1CCCCNC1=O.Cc1noc(C)c1S(=O)(=O)N(Cc1ccc(Br)cc1)[C@@H]1CCCCNC1=O. The minimum absolute atomic E-state index is 0.0346. The normalized spacial score (nSPS) is 18.3. The maximum absolute atomic E-state index is 13.6. The van der Waals surface area contributed by atoms with Crippen LogP contribution in [0.2, 0.25) is 5.15 Å². The highest BCUT2D eigenvalue weighted by Gasteiger charge is 2.41. The first-order valence-electron chi connectivity index (χ1n) is 17.7. The Morgan fingerprint density at radius 1 is 0.745 bits per heavy atom. The molecule has 0 unspecified atom stereocenters. The van der Waals surface area contributed by atoms with Crippen LogP contribution in [0, 0.1) is 20.8 Å². The van der Waals surface area contributed by atoms with Crippen molar-refractivity contribution >= 4 is 75.3 Å². The molecule has 2 aliphatic heterocycles. The van der Waals surface area contributed by atoms with E-state index >= 15 is 0 Å². The van der Waals surface area contributed by atoms with Gasteiger partial charge in [0.25, 0.3) is 0 Å². The zero-order valence-corrected chi connectivity index (χ0v) is 36.4. The molecule has 0 aliphatic carbocycles. The monoisotopic (exact) mass is 943 g/mol. The quantitative estimate of drug-likeness (QED) is 0.196. The summed E-state index contributed by atoms with van der Waals surface area (Å²) < 4.78 is 65.0. The smallest absolute Gasteiger partial charge is 0.249 e. The highest BCUT2D eigenvalue weighted by molar-refractivity contribution is 9.10. The molecule has 0 bridgehead atoms. The van der Waals surface area contributed by atoms with Crippen molar-refractivity contribution in [2.75, 3.05) is 13.1 Å². The Hall–Kier alpha value is -3.13. The summed E-state index contributed by atoms with van der Waals surface area (Å²) in [5.41, 5.74) is 2.18. The number of hydrogen-bond acceptors (Lipinski definition) is 9. The molecule has 19 heteroatoms. The third-order valence-corrected chi connectivity index (χ3v) is 15.1. The average molecular weight is 946 g/mol. The van der Waals surface area contributed by atoms with E-state index in [2.05, 4.69) is 52.7 Å². The molecule has 0 saturated carbocycles. The van der Waals surface area contributed by atoms with Crippen LogP contribution in [0.25, 0.3) is 0 Å². The van der Waals surface area contributed by atoms with Gasteiger partial charge >= 0.3 is 0 Å². The Balaban J connectivity index is 0.000000211. The van der Waals surface area contributed by atoms with Crippen LogP contribution in [0.4, 0.5) is 0 Å². The molecular formula is C36H44Br2ClN7O7S2. The summed E-state index contributed by atoms with van der Waals surface area (Å²) in [6.07, 6.45) is 4.12. The molecule has 2 N–H and O–H groups in total. The molecule has 2 amide bonds. The van der Waals surface area contributed by atoms with Crippen LogP contribution in [0.1, 0.15) is 66.8 Å². The summed E-state index contributed by atoms with van der Waals surface area (Å²) in [5, 5.41) is 13.6. The highest BCUT2D eigenvalue weighted by Crippen LogP contribution is 2.32. The maximum atomic E-state index is 13.6. The average Bonchev–Trinajstić information content (AvgIpc) is 3.39. The number of aromatic nitrogens is 3. The summed E-state index contributed by atoms with van der Waals surface area (Å²) in [7, 11) is -6.44. The van der Waals surface area contributed by atoms with Gasteiger partial charge in [-0.2, -0.15) is 13.7 Å². The molecule has 298 valence electrons. The predicted octanol–water partition coefficient (Wildman–Crippen LogP) is 5.92. The van der Waals surface area contributed by atoms with Gasteiger partial charge in [-0.25, -0.2) is 16.8 Å². The molecule has 14 nitrogen and oxygen atoms in total. The number of halogens is 3. The van der Waals surface area contributed by atoms with E-state index < -0.39 is 32.1 Å². The molecule has 55 heavy (non-hydrogen) atoms. The Kier molecular flexibility index (Phi) is 14.4. The molecule has 0 radical (unpaired) electrons. The molecular weight excluding hydrogens is 902 g/mol. The predicted molar refractivity (Wildman–Crippen MR) is 214 cm³/mol. The number of carbonyl (C=O) groups excluding carboxylic acids is 2. The molecule has 4 aromatic rings. The summed E-state index contributed by atoms with van der Waals surface area (Å²) >= 11 is 13.0. The number of carbonyl (C=O) groups is 2. The van der Waals surface area contributed by atoms with Gasteiger partial charge in [-0.05, 0) is 94.7 Å². The number of benzene rings is 2. The van der Waals surface area contributed by atoms with E-state index in [1.807, 2.05) is 48.5 Å². The number of aryl methyl sites for hydroxylation is 4. The van der Waals surface area contributed by atoms with Crippen LogP contribution >= 0.6 is 43.5 Å². The van der Waals surface area contributed by atoms with Gasteiger partial charge in [-0.1, -0.05) is 72.9 Å². The lowest BCUT2D eigenvalue weighted by molar-refractivity contribution is -0.125. The minimum atomic E-state index is -4.05. The second-order valence-corrected chi connectivity index (χ2v) is 19.3. The summed E-state index contributed by atoms with van der Waals surface area (Å²) in [5.74, 6) is -0.321. The van der Waals surface area contributed by atoms with Gasteiger partial charge < -0.3 is 15.2 Å². The van der Waals surface area contributed by atoms with E-state index in [4.69, 9.17) is 16.1 Å². The fourth-order valence-electron chi connectivity index (χ4n) is 6.64. The molecule has 2 fully saturated rings. The molecule has 4 heterocycles. The highest BCUT2D eigenvalue weighted by atomic mass is 79.9. The molecule has 2 saturated heterocycles. The van der Waals surface area contributed by atoms with Crippen molar-refractivity contribution in [3.05, 3.63) is 90.9 Å². The third-order valence-electron chi connectivity index (χ3n) is 9.41. The topological polar surface area (TPSA) is 177 Å². The van der Waals surface area contributed by atoms with Crippen LogP contribution in [0.15, 0.2) is 71.8 Å². The second-order valence-electron chi connectivity index (χ2n) is 13.4. The van der Waals surface area contributed by atoms with Crippen molar-refractivity contribution in [1.82, 2.24) is 34.2 Å². The first-order valence-corrected chi connectivity index (χ1v) is 22.6. The van der Waals surface area contributed by atoms with E-state index in [0.29, 0.717) is 37.3 Å². The van der Waals surface area contributed by atoms with Gasteiger partial charge in [0.15, 0.2) is 5.76 Å². The van der Waals surface area contributed by atoms with Gasteiger partial charge in [0, 0.05) is 42.2 Å². The molecule has 0 spiro atoms. The van der Waals surface area contributed by atoms with Crippen molar-refractivity contribution in [3.63, 3.8) is 0 Å². The van der Waals surface area contributed by atoms with Crippen LogP contribution in [0.5, 0.6) is 0 Å². The van der Waals surface area contributed by atoms with Crippen LogP contribution in [-0.2, 0) is 49.8 Å². The van der Waals surface area contributed by atoms with Gasteiger partial charge in [0.1, 0.15) is 32.7 Å². The van der Waals surface area contributed by atoms with E-state index in [0.717, 1.165) is 45.8 Å². The lowest BCUT2D eigenvalue weighted by Crippen LogP contribution is -2.48. The molecule has 2 aromatic carbocycles. The van der Waals surface area contributed by atoms with Gasteiger partial charge in [-0.3, -0.25) is 14.3 Å². The summed E-state index contributed by atoms with van der Waals surface area (Å²) in [4.78, 5) is 25.3. The largest absolute Gasteiger partial charge is 0.360 e. The van der Waals surface area contributed by atoms with E-state index in [-0.39, 0.29) is 45.6 Å². The molecule has 2 atom stereocenters. The number of rotatable bonds is 10. The Labute approximate surface area is 343 Å². The second kappa shape index (κ2) is 18.4. The maximum Gasteiger partial charge on any atom is 0.249 e. The Bertz CT molecular complexity index is 2200. The van der Waals surface area contributed by atoms with Crippen LogP contribution < -0.4 is 10.6 Å². The van der Waals surface area contributed by atoms with Crippen molar-refractivity contribution < 1.29 is 30.9 Å². The number of nitrogens with one attached hydrogen (secondary N) is 2. The first kappa shape index (κ1) is 43.0. The zero-order chi connectivity index (χ0) is 40.1. The van der Waals surface area contributed by atoms with E-state index in [1.54, 1.807) is 27.8 Å². The number of nitrogens with zero attached hydrogens (tertiary/aromatic N) is 5. The lowest BCUT2D eigenvalue weighted by atomic mass is 10.1. The summed E-state index contributed by atoms with van der Waals surface area (Å²) in [6.45, 7) is 6.03. The zero-order valence-electron chi connectivity index (χ0n) is 30.9. The lowest BCUT2D eigenvalue weighted by Gasteiger charge is -2.29. The van der Waals surface area contributed by atoms with Crippen molar-refractivity contribution in [2.24, 2.45) is 7.05 Å².